The fourth-order valence-corrected chi connectivity index (χ4v) is 4.78. The maximum atomic E-state index is 14.0. The van der Waals surface area contributed by atoms with Gasteiger partial charge in [0.05, 0.1) is 17.3 Å². The van der Waals surface area contributed by atoms with E-state index in [4.69, 9.17) is 0 Å². The Morgan fingerprint density at radius 1 is 1.15 bits per heavy atom. The highest BCUT2D eigenvalue weighted by molar-refractivity contribution is 6.04. The summed E-state index contributed by atoms with van der Waals surface area (Å²) in [5.41, 5.74) is 1.33. The molecule has 1 fully saturated rings. The van der Waals surface area contributed by atoms with Crippen molar-refractivity contribution in [3.8, 4) is 11.8 Å². The average Bonchev–Trinajstić information content (AvgIpc) is 3.35. The minimum Gasteiger partial charge on any atom is -0.322 e. The Morgan fingerprint density at radius 2 is 2.00 bits per heavy atom. The van der Waals surface area contributed by atoms with Crippen molar-refractivity contribution >= 4 is 17.2 Å². The van der Waals surface area contributed by atoms with Crippen molar-refractivity contribution in [3.05, 3.63) is 89.1 Å². The number of hydrogen-bond acceptors (Lipinski definition) is 6. The second-order valence-corrected chi connectivity index (χ2v) is 9.97. The zero-order chi connectivity index (χ0) is 28.3. The van der Waals surface area contributed by atoms with Gasteiger partial charge in [-0.15, -0.1) is 0 Å². The van der Waals surface area contributed by atoms with Crippen molar-refractivity contribution in [1.29, 1.82) is 0 Å². The van der Waals surface area contributed by atoms with E-state index in [-0.39, 0.29) is 23.4 Å². The number of piperidine rings is 1. The summed E-state index contributed by atoms with van der Waals surface area (Å²) in [6.07, 6.45) is 3.46. The Hall–Kier alpha value is -4.27. The van der Waals surface area contributed by atoms with Crippen LogP contribution in [0.2, 0.25) is 0 Å². The van der Waals surface area contributed by atoms with Gasteiger partial charge in [-0.05, 0) is 75.3 Å². The highest BCUT2D eigenvalue weighted by atomic mass is 19.4. The van der Waals surface area contributed by atoms with Crippen LogP contribution in [0, 0.1) is 11.8 Å². The Bertz CT molecular complexity index is 1590. The predicted octanol–water partition coefficient (Wildman–Crippen LogP) is 4.32. The molecule has 0 aliphatic carbocycles. The number of anilines is 1. The van der Waals surface area contributed by atoms with Crippen LogP contribution in [0.1, 0.15) is 45.6 Å². The number of imidazole rings is 1. The van der Waals surface area contributed by atoms with Crippen molar-refractivity contribution in [3.63, 3.8) is 0 Å². The number of nitrogens with one attached hydrogen (secondary N) is 1. The van der Waals surface area contributed by atoms with Crippen LogP contribution in [0.4, 0.5) is 18.9 Å². The monoisotopic (exact) mass is 547 g/mol. The summed E-state index contributed by atoms with van der Waals surface area (Å²) in [6, 6.07) is 9.36. The number of likely N-dealkylation sites (N-methyl/N-ethyl adjacent to an activating group) is 1. The predicted molar refractivity (Wildman–Crippen MR) is 145 cm³/mol. The molecule has 1 aromatic carbocycles. The van der Waals surface area contributed by atoms with Gasteiger partial charge in [0.2, 0.25) is 0 Å². The number of nitrogens with zero attached hydrogens (tertiary/aromatic N) is 6. The van der Waals surface area contributed by atoms with Crippen molar-refractivity contribution in [2.75, 3.05) is 32.5 Å². The Labute approximate surface area is 229 Å². The first-order valence-electron chi connectivity index (χ1n) is 12.8. The normalized spacial score (nSPS) is 16.1. The number of halogens is 3. The summed E-state index contributed by atoms with van der Waals surface area (Å²) < 4.78 is 43.7. The number of carbonyl (C=O) groups excluding carboxylic acids is 1. The third-order valence-electron chi connectivity index (χ3n) is 6.89. The number of likely N-dealkylation sites (tertiary alicyclic amines) is 1. The Morgan fingerprint density at radius 3 is 2.80 bits per heavy atom. The number of alkyl halides is 3. The van der Waals surface area contributed by atoms with Gasteiger partial charge in [0.15, 0.2) is 5.65 Å². The number of hydrogen-bond donors (Lipinski definition) is 1. The fourth-order valence-electron chi connectivity index (χ4n) is 4.78. The Balaban J connectivity index is 1.32. The second-order valence-electron chi connectivity index (χ2n) is 9.97. The van der Waals surface area contributed by atoms with Gasteiger partial charge in [0.1, 0.15) is 5.69 Å². The van der Waals surface area contributed by atoms with E-state index in [1.807, 2.05) is 14.1 Å². The lowest BCUT2D eigenvalue weighted by molar-refractivity contribution is -0.138. The minimum absolute atomic E-state index is 0.0548. The Kier molecular flexibility index (Phi) is 7.82. The SMILES string of the molecule is CN(C)[C@H]1CCCN(Cc2ccc(NC(=O)c3cncc(C#Cc4cnc5cccnn45)c3)cc2C(F)(F)F)C1. The first-order valence-corrected chi connectivity index (χ1v) is 12.8. The van der Waals surface area contributed by atoms with E-state index in [1.54, 1.807) is 29.0 Å². The van der Waals surface area contributed by atoms with Crippen molar-refractivity contribution in [2.45, 2.75) is 31.6 Å². The standard InChI is InChI=1S/C29H28F3N7O/c1-37(2)25-5-4-12-38(19-25)18-21-8-9-23(14-26(21)29(30,31)32)36-28(40)22-13-20(15-33-16-22)7-10-24-17-34-27-6-3-11-35-39(24)27/h3,6,8-9,11,13-17,25H,4-5,12,18-19H2,1-2H3,(H,36,40)/t25-/m0/s1. The lowest BCUT2D eigenvalue weighted by Crippen LogP contribution is -2.44. The van der Waals surface area contributed by atoms with Crippen LogP contribution in [0.5, 0.6) is 0 Å². The molecule has 4 aromatic rings. The maximum Gasteiger partial charge on any atom is 0.416 e. The van der Waals surface area contributed by atoms with Gasteiger partial charge in [0.25, 0.3) is 5.91 Å². The molecule has 0 spiro atoms. The van der Waals surface area contributed by atoms with E-state index < -0.39 is 17.6 Å². The van der Waals surface area contributed by atoms with Crippen LogP contribution in [0.25, 0.3) is 5.65 Å². The van der Waals surface area contributed by atoms with Crippen LogP contribution in [-0.2, 0) is 12.7 Å². The number of fused-ring (bicyclic) bond motifs is 1. The summed E-state index contributed by atoms with van der Waals surface area (Å²) in [5, 5.41) is 6.78. The highest BCUT2D eigenvalue weighted by Gasteiger charge is 2.34. The zero-order valence-electron chi connectivity index (χ0n) is 22.1. The lowest BCUT2D eigenvalue weighted by atomic mass is 10.0. The molecule has 1 N–H and O–H groups in total. The van der Waals surface area contributed by atoms with Crippen LogP contribution >= 0.6 is 0 Å². The molecule has 3 aromatic heterocycles. The first-order chi connectivity index (χ1) is 19.2. The number of aromatic nitrogens is 4. The molecular weight excluding hydrogens is 519 g/mol. The summed E-state index contributed by atoms with van der Waals surface area (Å²) in [5.74, 6) is 5.31. The van der Waals surface area contributed by atoms with Gasteiger partial charge >= 0.3 is 6.18 Å². The second kappa shape index (κ2) is 11.5. The maximum absolute atomic E-state index is 14.0. The highest BCUT2D eigenvalue weighted by Crippen LogP contribution is 2.35. The summed E-state index contributed by atoms with van der Waals surface area (Å²) in [7, 11) is 3.98. The van der Waals surface area contributed by atoms with Gasteiger partial charge in [0, 0.05) is 49.0 Å². The van der Waals surface area contributed by atoms with Crippen LogP contribution in [0.15, 0.2) is 61.2 Å². The number of carbonyl (C=O) groups is 1. The number of benzene rings is 1. The van der Waals surface area contributed by atoms with Gasteiger partial charge < -0.3 is 10.2 Å². The first kappa shape index (κ1) is 27.3. The van der Waals surface area contributed by atoms with Gasteiger partial charge in [-0.3, -0.25) is 14.7 Å². The molecule has 1 amide bonds. The quantitative estimate of drug-likeness (QED) is 0.375. The molecule has 0 saturated carbocycles. The van der Waals surface area contributed by atoms with Gasteiger partial charge in [-0.25, -0.2) is 9.50 Å². The number of rotatable bonds is 5. The van der Waals surface area contributed by atoms with Crippen molar-refractivity contribution in [2.24, 2.45) is 0 Å². The topological polar surface area (TPSA) is 78.7 Å². The van der Waals surface area contributed by atoms with E-state index in [0.29, 0.717) is 29.5 Å². The molecule has 0 unspecified atom stereocenters. The van der Waals surface area contributed by atoms with Gasteiger partial charge in [-0.2, -0.15) is 18.3 Å². The minimum atomic E-state index is -4.56. The summed E-state index contributed by atoms with van der Waals surface area (Å²) in [4.78, 5) is 25.4. The van der Waals surface area contributed by atoms with E-state index in [9.17, 15) is 18.0 Å². The molecule has 4 heterocycles. The molecule has 1 aliphatic rings. The third-order valence-corrected chi connectivity index (χ3v) is 6.89. The molecular formula is C29H28F3N7O. The van der Waals surface area contributed by atoms with Crippen LogP contribution < -0.4 is 5.32 Å². The van der Waals surface area contributed by atoms with Crippen molar-refractivity contribution in [1.82, 2.24) is 29.4 Å². The van der Waals surface area contributed by atoms with E-state index in [0.717, 1.165) is 25.5 Å². The fraction of sp³-hybridized carbons (Fsp3) is 0.310. The van der Waals surface area contributed by atoms with Crippen molar-refractivity contribution < 1.29 is 18.0 Å². The van der Waals surface area contributed by atoms with Crippen LogP contribution in [0.3, 0.4) is 0 Å². The van der Waals surface area contributed by atoms with E-state index in [1.165, 1.54) is 30.6 Å². The summed E-state index contributed by atoms with van der Waals surface area (Å²) >= 11 is 0. The molecule has 0 bridgehead atoms. The average molecular weight is 548 g/mol. The molecule has 1 aliphatic heterocycles. The van der Waals surface area contributed by atoms with Gasteiger partial charge in [-0.1, -0.05) is 12.0 Å². The molecule has 206 valence electrons. The van der Waals surface area contributed by atoms with E-state index in [2.05, 4.69) is 42.0 Å². The molecule has 1 atom stereocenters. The molecule has 1 saturated heterocycles. The molecule has 0 radical (unpaired) electrons. The molecule has 11 heteroatoms. The molecule has 40 heavy (non-hydrogen) atoms. The van der Waals surface area contributed by atoms with Crippen LogP contribution in [-0.4, -0.2) is 68.5 Å². The number of pyridine rings is 1. The third kappa shape index (κ3) is 6.30. The molecule has 5 rings (SSSR count). The smallest absolute Gasteiger partial charge is 0.322 e. The zero-order valence-corrected chi connectivity index (χ0v) is 22.1. The lowest BCUT2D eigenvalue weighted by Gasteiger charge is -2.36. The van der Waals surface area contributed by atoms with E-state index >= 15 is 0 Å². The largest absolute Gasteiger partial charge is 0.416 e. The molecule has 8 nitrogen and oxygen atoms in total. The number of amides is 1. The summed E-state index contributed by atoms with van der Waals surface area (Å²) in [6.45, 7) is 1.66.